The molecule has 0 saturated carbocycles. The molecular weight excluding hydrogens is 759 g/mol. The standard InChI is InChI=1S/C54H107NO6/c1-5-9-13-17-19-26-36-50(34-24-15-11-7-3)41-46-60-53(58)39-28-21-22-31-43-55(44-32-23-33-45-56)48-52(49-57)38-29-30-40-54(59)61-47-42-51(35-25-16-12-8-4)37-27-20-18-14-10-6-2/h50-52,56-57H,5-49H2,1-4H3. The highest BCUT2D eigenvalue weighted by Crippen LogP contribution is 2.24. The summed E-state index contributed by atoms with van der Waals surface area (Å²) in [5.74, 6) is 1.46. The van der Waals surface area contributed by atoms with Gasteiger partial charge in [0.15, 0.2) is 0 Å². The molecule has 364 valence electrons. The van der Waals surface area contributed by atoms with Crippen molar-refractivity contribution < 1.29 is 29.3 Å². The Morgan fingerprint density at radius 3 is 1.15 bits per heavy atom. The van der Waals surface area contributed by atoms with Crippen molar-refractivity contribution in [2.75, 3.05) is 46.1 Å². The number of rotatable bonds is 50. The number of aliphatic hydroxyl groups excluding tert-OH is 2. The Bertz CT molecular complexity index is 901. The third kappa shape index (κ3) is 42.5. The minimum absolute atomic E-state index is 0.0329. The van der Waals surface area contributed by atoms with Gasteiger partial charge in [-0.05, 0) is 88.6 Å². The lowest BCUT2D eigenvalue weighted by Crippen LogP contribution is -2.33. The molecule has 0 rings (SSSR count). The third-order valence-electron chi connectivity index (χ3n) is 13.2. The van der Waals surface area contributed by atoms with E-state index < -0.39 is 0 Å². The predicted molar refractivity (Wildman–Crippen MR) is 261 cm³/mol. The van der Waals surface area contributed by atoms with Gasteiger partial charge in [0, 0.05) is 32.6 Å². The first kappa shape index (κ1) is 59.8. The lowest BCUT2D eigenvalue weighted by atomic mass is 9.92. The van der Waals surface area contributed by atoms with E-state index in [9.17, 15) is 19.8 Å². The van der Waals surface area contributed by atoms with Gasteiger partial charge in [0.05, 0.1) is 13.2 Å². The van der Waals surface area contributed by atoms with Gasteiger partial charge in [-0.2, -0.15) is 0 Å². The molecule has 0 spiro atoms. The highest BCUT2D eigenvalue weighted by molar-refractivity contribution is 5.69. The second-order valence-electron chi connectivity index (χ2n) is 19.1. The monoisotopic (exact) mass is 866 g/mol. The molecule has 7 heteroatoms. The van der Waals surface area contributed by atoms with Crippen molar-refractivity contribution in [1.29, 1.82) is 0 Å². The topological polar surface area (TPSA) is 96.3 Å². The fourth-order valence-corrected chi connectivity index (χ4v) is 9.02. The summed E-state index contributed by atoms with van der Waals surface area (Å²) >= 11 is 0. The van der Waals surface area contributed by atoms with E-state index in [0.717, 1.165) is 96.7 Å². The third-order valence-corrected chi connectivity index (χ3v) is 13.2. The van der Waals surface area contributed by atoms with Gasteiger partial charge < -0.3 is 24.6 Å². The first-order chi connectivity index (χ1) is 29.9. The van der Waals surface area contributed by atoms with Crippen LogP contribution >= 0.6 is 0 Å². The van der Waals surface area contributed by atoms with E-state index in [4.69, 9.17) is 9.47 Å². The van der Waals surface area contributed by atoms with Crippen LogP contribution in [0.5, 0.6) is 0 Å². The molecule has 0 aliphatic rings. The van der Waals surface area contributed by atoms with Gasteiger partial charge in [0.25, 0.3) is 0 Å². The zero-order chi connectivity index (χ0) is 44.7. The minimum Gasteiger partial charge on any atom is -0.466 e. The van der Waals surface area contributed by atoms with Crippen LogP contribution in [0.1, 0.15) is 272 Å². The van der Waals surface area contributed by atoms with Crippen LogP contribution in [0.3, 0.4) is 0 Å². The molecule has 3 unspecified atom stereocenters. The quantitative estimate of drug-likeness (QED) is 0.0464. The molecule has 0 aromatic rings. The predicted octanol–water partition coefficient (Wildman–Crippen LogP) is 15.1. The minimum atomic E-state index is -0.0655. The van der Waals surface area contributed by atoms with Crippen LogP contribution in [0.15, 0.2) is 0 Å². The maximum atomic E-state index is 12.6. The summed E-state index contributed by atoms with van der Waals surface area (Å²) < 4.78 is 11.5. The lowest BCUT2D eigenvalue weighted by Gasteiger charge is -2.27. The van der Waals surface area contributed by atoms with E-state index in [1.165, 1.54) is 154 Å². The van der Waals surface area contributed by atoms with Gasteiger partial charge >= 0.3 is 11.9 Å². The normalized spacial score (nSPS) is 13.2. The van der Waals surface area contributed by atoms with Crippen LogP contribution in [0.4, 0.5) is 0 Å². The van der Waals surface area contributed by atoms with Crippen LogP contribution < -0.4 is 0 Å². The van der Waals surface area contributed by atoms with Crippen molar-refractivity contribution in [2.24, 2.45) is 17.8 Å². The summed E-state index contributed by atoms with van der Waals surface area (Å²) in [6.45, 7) is 13.5. The highest BCUT2D eigenvalue weighted by atomic mass is 16.5. The fraction of sp³-hybridized carbons (Fsp3) is 0.963. The van der Waals surface area contributed by atoms with Crippen molar-refractivity contribution >= 4 is 11.9 Å². The van der Waals surface area contributed by atoms with Gasteiger partial charge in [0.2, 0.25) is 0 Å². The Morgan fingerprint density at radius 1 is 0.393 bits per heavy atom. The smallest absolute Gasteiger partial charge is 0.305 e. The number of hydrogen-bond acceptors (Lipinski definition) is 7. The molecule has 0 radical (unpaired) electrons. The number of carbonyl (C=O) groups excluding carboxylic acids is 2. The van der Waals surface area contributed by atoms with E-state index in [2.05, 4.69) is 32.6 Å². The SMILES string of the molecule is CCCCCCCCC(CCCCCC)CCOC(=O)CCCCCCN(CCCCCO)CC(CO)CCCCC(=O)OCCC(CCCCCC)CCCCCCCC. The molecule has 0 aromatic heterocycles. The number of aliphatic hydroxyl groups is 2. The molecule has 0 saturated heterocycles. The summed E-state index contributed by atoms with van der Waals surface area (Å²) in [5, 5.41) is 19.6. The zero-order valence-electron chi connectivity index (χ0n) is 41.5. The summed E-state index contributed by atoms with van der Waals surface area (Å²) in [7, 11) is 0. The van der Waals surface area contributed by atoms with Gasteiger partial charge in [0.1, 0.15) is 0 Å². The maximum Gasteiger partial charge on any atom is 0.305 e. The van der Waals surface area contributed by atoms with Gasteiger partial charge in [-0.3, -0.25) is 9.59 Å². The molecule has 0 bridgehead atoms. The summed E-state index contributed by atoms with van der Waals surface area (Å²) in [4.78, 5) is 27.7. The zero-order valence-corrected chi connectivity index (χ0v) is 41.5. The van der Waals surface area contributed by atoms with Crippen LogP contribution in [0.2, 0.25) is 0 Å². The molecular formula is C54H107NO6. The van der Waals surface area contributed by atoms with Crippen molar-refractivity contribution in [1.82, 2.24) is 4.90 Å². The number of unbranched alkanes of at least 4 members (excludes halogenated alkanes) is 22. The lowest BCUT2D eigenvalue weighted by molar-refractivity contribution is -0.145. The van der Waals surface area contributed by atoms with Crippen molar-refractivity contribution in [3.05, 3.63) is 0 Å². The van der Waals surface area contributed by atoms with Crippen LogP contribution in [0.25, 0.3) is 0 Å². The molecule has 2 N–H and O–H groups in total. The first-order valence-electron chi connectivity index (χ1n) is 27.2. The van der Waals surface area contributed by atoms with Crippen molar-refractivity contribution in [3.8, 4) is 0 Å². The summed E-state index contributed by atoms with van der Waals surface area (Å²) in [5.41, 5.74) is 0. The van der Waals surface area contributed by atoms with E-state index in [1.807, 2.05) is 0 Å². The Labute approximate surface area is 380 Å². The molecule has 7 nitrogen and oxygen atoms in total. The highest BCUT2D eigenvalue weighted by Gasteiger charge is 2.16. The van der Waals surface area contributed by atoms with E-state index >= 15 is 0 Å². The summed E-state index contributed by atoms with van der Waals surface area (Å²) in [6, 6.07) is 0. The second kappa shape index (κ2) is 48.3. The maximum absolute atomic E-state index is 12.6. The van der Waals surface area contributed by atoms with E-state index in [1.54, 1.807) is 0 Å². The van der Waals surface area contributed by atoms with Crippen LogP contribution in [-0.4, -0.2) is 73.1 Å². The molecule has 0 heterocycles. The first-order valence-corrected chi connectivity index (χ1v) is 27.2. The average molecular weight is 866 g/mol. The molecule has 0 aliphatic heterocycles. The molecule has 0 aromatic carbocycles. The molecule has 0 fully saturated rings. The number of nitrogens with zero attached hydrogens (tertiary/aromatic N) is 1. The number of ether oxygens (including phenoxy) is 2. The second-order valence-corrected chi connectivity index (χ2v) is 19.1. The van der Waals surface area contributed by atoms with Crippen LogP contribution in [0, 0.1) is 17.8 Å². The average Bonchev–Trinajstić information content (AvgIpc) is 3.26. The van der Waals surface area contributed by atoms with Crippen molar-refractivity contribution in [2.45, 2.75) is 272 Å². The number of hydrogen-bond donors (Lipinski definition) is 2. The van der Waals surface area contributed by atoms with Gasteiger partial charge in [-0.1, -0.05) is 201 Å². The Morgan fingerprint density at radius 2 is 0.721 bits per heavy atom. The number of esters is 2. The van der Waals surface area contributed by atoms with Gasteiger partial charge in [-0.25, -0.2) is 0 Å². The van der Waals surface area contributed by atoms with E-state index in [-0.39, 0.29) is 31.1 Å². The van der Waals surface area contributed by atoms with Crippen LogP contribution in [-0.2, 0) is 19.1 Å². The Balaban J connectivity index is 4.51. The Kier molecular flexibility index (Phi) is 47.3. The summed E-state index contributed by atoms with van der Waals surface area (Å²) in [6.07, 6.45) is 44.2. The fourth-order valence-electron chi connectivity index (χ4n) is 9.02. The number of carbonyl (C=O) groups is 2. The molecule has 3 atom stereocenters. The van der Waals surface area contributed by atoms with E-state index in [0.29, 0.717) is 37.9 Å². The molecule has 0 aliphatic carbocycles. The molecule has 0 amide bonds. The molecule has 61 heavy (non-hydrogen) atoms. The Hall–Kier alpha value is -1.18. The van der Waals surface area contributed by atoms with Gasteiger partial charge in [-0.15, -0.1) is 0 Å². The largest absolute Gasteiger partial charge is 0.466 e. The van der Waals surface area contributed by atoms with Crippen molar-refractivity contribution in [3.63, 3.8) is 0 Å².